The Morgan fingerprint density at radius 3 is 2.17 bits per heavy atom. The van der Waals surface area contributed by atoms with Gasteiger partial charge in [-0.2, -0.15) is 5.26 Å². The van der Waals surface area contributed by atoms with Crippen LogP contribution >= 0.6 is 11.6 Å². The second kappa shape index (κ2) is 11.7. The number of halogens is 1. The average molecular weight is 595 g/mol. The van der Waals surface area contributed by atoms with Gasteiger partial charge in [0.25, 0.3) is 5.91 Å². The average Bonchev–Trinajstić information content (AvgIpc) is 2.93. The number of carbonyl (C=O) groups excluding carboxylic acids is 2. The molecule has 226 valence electrons. The summed E-state index contributed by atoms with van der Waals surface area (Å²) in [6.07, 6.45) is 1.24. The highest BCUT2D eigenvalue weighted by molar-refractivity contribution is 6.31. The van der Waals surface area contributed by atoms with E-state index in [2.05, 4.69) is 44.0 Å². The summed E-state index contributed by atoms with van der Waals surface area (Å²) < 4.78 is 11.9. The first-order chi connectivity index (χ1) is 19.5. The molecule has 2 aromatic carbocycles. The molecule has 0 atom stereocenters. The summed E-state index contributed by atoms with van der Waals surface area (Å²) in [5.74, 6) is 0.483. The zero-order valence-electron chi connectivity index (χ0n) is 26.0. The fourth-order valence-electron chi connectivity index (χ4n) is 6.63. The van der Waals surface area contributed by atoms with Crippen LogP contribution in [-0.2, 0) is 4.74 Å². The highest BCUT2D eigenvalue weighted by Gasteiger charge is 2.64. The predicted molar refractivity (Wildman–Crippen MR) is 165 cm³/mol. The third-order valence-corrected chi connectivity index (χ3v) is 8.93. The molecule has 8 nitrogen and oxygen atoms in total. The number of rotatable bonds is 6. The summed E-state index contributed by atoms with van der Waals surface area (Å²) in [6.45, 7) is 15.6. The summed E-state index contributed by atoms with van der Waals surface area (Å²) in [5, 5.41) is 12.8. The molecule has 0 aromatic heterocycles. The molecule has 2 aromatic rings. The Labute approximate surface area is 254 Å². The van der Waals surface area contributed by atoms with Crippen LogP contribution in [0.4, 0.5) is 10.5 Å². The van der Waals surface area contributed by atoms with Gasteiger partial charge >= 0.3 is 6.09 Å². The van der Waals surface area contributed by atoms with E-state index in [0.717, 1.165) is 31.6 Å². The molecule has 0 bridgehead atoms. The van der Waals surface area contributed by atoms with Gasteiger partial charge in [-0.3, -0.25) is 4.79 Å². The molecule has 0 unspecified atom stereocenters. The Morgan fingerprint density at radius 2 is 1.64 bits per heavy atom. The molecule has 9 heteroatoms. The van der Waals surface area contributed by atoms with Gasteiger partial charge in [-0.25, -0.2) is 4.79 Å². The maximum absolute atomic E-state index is 13.3. The number of benzene rings is 2. The van der Waals surface area contributed by atoms with Crippen LogP contribution < -0.4 is 15.0 Å². The van der Waals surface area contributed by atoms with Crippen LogP contribution in [0.3, 0.4) is 0 Å². The minimum atomic E-state index is -0.513. The Balaban J connectivity index is 1.33. The molecule has 1 heterocycles. The summed E-state index contributed by atoms with van der Waals surface area (Å²) in [5.41, 5.74) is 0.882. The second-order valence-electron chi connectivity index (χ2n) is 13.7. The molecule has 1 aliphatic heterocycles. The second-order valence-corrected chi connectivity index (χ2v) is 14.1. The van der Waals surface area contributed by atoms with Crippen molar-refractivity contribution >= 4 is 29.3 Å². The van der Waals surface area contributed by atoms with E-state index < -0.39 is 5.60 Å². The maximum atomic E-state index is 13.3. The molecule has 0 spiro atoms. The molecule has 1 saturated heterocycles. The minimum Gasteiger partial charge on any atom is -0.489 e. The van der Waals surface area contributed by atoms with E-state index in [0.29, 0.717) is 21.9 Å². The lowest BCUT2D eigenvalue weighted by molar-refractivity contribution is -0.164. The lowest BCUT2D eigenvalue weighted by Crippen LogP contribution is -2.74. The van der Waals surface area contributed by atoms with E-state index in [1.165, 1.54) is 0 Å². The van der Waals surface area contributed by atoms with E-state index in [4.69, 9.17) is 26.3 Å². The van der Waals surface area contributed by atoms with Crippen molar-refractivity contribution in [2.24, 2.45) is 10.8 Å². The Hall–Kier alpha value is -3.44. The Morgan fingerprint density at radius 1 is 1.05 bits per heavy atom. The van der Waals surface area contributed by atoms with Crippen molar-refractivity contribution in [1.82, 2.24) is 10.2 Å². The van der Waals surface area contributed by atoms with Crippen LogP contribution in [0.25, 0.3) is 0 Å². The largest absolute Gasteiger partial charge is 0.489 e. The van der Waals surface area contributed by atoms with Gasteiger partial charge in [0, 0.05) is 60.4 Å². The topological polar surface area (TPSA) is 94.9 Å². The molecular weight excluding hydrogens is 552 g/mol. The summed E-state index contributed by atoms with van der Waals surface area (Å²) in [4.78, 5) is 29.8. The van der Waals surface area contributed by atoms with Gasteiger partial charge in [-0.1, -0.05) is 39.3 Å². The van der Waals surface area contributed by atoms with Gasteiger partial charge in [0.05, 0.1) is 10.6 Å². The van der Waals surface area contributed by atoms with Crippen molar-refractivity contribution in [1.29, 1.82) is 5.26 Å². The smallest absolute Gasteiger partial charge is 0.410 e. The van der Waals surface area contributed by atoms with E-state index >= 15 is 0 Å². The summed E-state index contributed by atoms with van der Waals surface area (Å²) in [6, 6.07) is 14.9. The van der Waals surface area contributed by atoms with Crippen LogP contribution in [0, 0.1) is 22.2 Å². The number of hydrogen-bond donors (Lipinski definition) is 1. The number of amides is 2. The first-order valence-electron chi connectivity index (χ1n) is 14.5. The van der Waals surface area contributed by atoms with Crippen LogP contribution in [0.15, 0.2) is 42.5 Å². The Kier molecular flexibility index (Phi) is 8.76. The van der Waals surface area contributed by atoms with Crippen molar-refractivity contribution in [3.63, 3.8) is 0 Å². The number of anilines is 1. The highest BCUT2D eigenvalue weighted by Crippen LogP contribution is 2.55. The molecule has 2 fully saturated rings. The fourth-order valence-corrected chi connectivity index (χ4v) is 6.84. The van der Waals surface area contributed by atoms with E-state index in [1.54, 1.807) is 23.1 Å². The molecule has 1 N–H and O–H groups in total. The summed E-state index contributed by atoms with van der Waals surface area (Å²) in [7, 11) is 1.81. The maximum Gasteiger partial charge on any atom is 0.410 e. The lowest BCUT2D eigenvalue weighted by atomic mass is 9.49. The van der Waals surface area contributed by atoms with Gasteiger partial charge in [0.1, 0.15) is 23.5 Å². The number of piperidine rings is 1. The van der Waals surface area contributed by atoms with Crippen LogP contribution in [0.5, 0.6) is 5.75 Å². The van der Waals surface area contributed by atoms with Gasteiger partial charge in [0.15, 0.2) is 0 Å². The number of carbonyl (C=O) groups is 2. The number of nitrogens with one attached hydrogen (secondary N) is 1. The van der Waals surface area contributed by atoms with Gasteiger partial charge in [-0.05, 0) is 70.0 Å². The number of nitrogens with zero attached hydrogens (tertiary/aromatic N) is 3. The van der Waals surface area contributed by atoms with Crippen molar-refractivity contribution in [3.05, 3.63) is 58.6 Å². The molecule has 42 heavy (non-hydrogen) atoms. The molecule has 0 radical (unpaired) electrons. The highest BCUT2D eigenvalue weighted by atomic mass is 35.5. The number of nitriles is 1. The standard InChI is InChI=1S/C33H43ClN4O4/c1-31(2,3)42-30(40)37(8)23-15-17-38(18-16-23)24-12-9-21(10-13-24)27(39)36-28-32(4,5)29(33(28,6)7)41-25-14-11-22(20-35)26(34)19-25/h9-14,19,23,28-29H,15-18H2,1-8H3,(H,36,39). The number of hydrogen-bond acceptors (Lipinski definition) is 6. The SMILES string of the molecule is CN(C(=O)OC(C)(C)C)C1CCN(c2ccc(C(=O)NC3C(C)(C)C(Oc4ccc(C#N)c(Cl)c4)C3(C)C)cc2)CC1. The van der Waals surface area contributed by atoms with Crippen LogP contribution in [0.1, 0.15) is 77.2 Å². The molecule has 4 rings (SSSR count). The molecular formula is C33H43ClN4O4. The molecule has 2 aliphatic rings. The van der Waals surface area contributed by atoms with Crippen molar-refractivity contribution in [2.75, 3.05) is 25.0 Å². The lowest BCUT2D eigenvalue weighted by Gasteiger charge is -2.63. The van der Waals surface area contributed by atoms with E-state index in [1.807, 2.05) is 52.1 Å². The van der Waals surface area contributed by atoms with Crippen LogP contribution in [-0.4, -0.2) is 60.8 Å². The zero-order chi connectivity index (χ0) is 31.0. The Bertz CT molecular complexity index is 1340. The van der Waals surface area contributed by atoms with Crippen molar-refractivity contribution in [3.8, 4) is 11.8 Å². The monoisotopic (exact) mass is 594 g/mol. The van der Waals surface area contributed by atoms with Crippen molar-refractivity contribution < 1.29 is 19.1 Å². The normalized spacial score (nSPS) is 21.5. The minimum absolute atomic E-state index is 0.114. The van der Waals surface area contributed by atoms with Crippen LogP contribution in [0.2, 0.25) is 5.02 Å². The zero-order valence-corrected chi connectivity index (χ0v) is 26.7. The molecule has 1 aliphatic carbocycles. The first kappa shape index (κ1) is 31.5. The third-order valence-electron chi connectivity index (χ3n) is 8.62. The van der Waals surface area contributed by atoms with E-state index in [-0.39, 0.29) is 41.0 Å². The quantitative estimate of drug-likeness (QED) is 0.402. The predicted octanol–water partition coefficient (Wildman–Crippen LogP) is 6.66. The first-order valence-corrected chi connectivity index (χ1v) is 14.9. The van der Waals surface area contributed by atoms with E-state index in [9.17, 15) is 9.59 Å². The van der Waals surface area contributed by atoms with Crippen molar-refractivity contribution in [2.45, 2.75) is 85.1 Å². The van der Waals surface area contributed by atoms with Gasteiger partial charge < -0.3 is 24.6 Å². The van der Waals surface area contributed by atoms with Gasteiger partial charge in [-0.15, -0.1) is 0 Å². The fraction of sp³-hybridized carbons (Fsp3) is 0.545. The van der Waals surface area contributed by atoms with Gasteiger partial charge in [0.2, 0.25) is 0 Å². The molecule has 1 saturated carbocycles. The summed E-state index contributed by atoms with van der Waals surface area (Å²) >= 11 is 6.21. The molecule has 2 amide bonds. The third kappa shape index (κ3) is 6.47. The number of ether oxygens (including phenoxy) is 2.